The lowest BCUT2D eigenvalue weighted by Gasteiger charge is -2.13. The summed E-state index contributed by atoms with van der Waals surface area (Å²) in [7, 11) is 0. The van der Waals surface area contributed by atoms with Crippen molar-refractivity contribution in [2.45, 2.75) is 12.7 Å². The lowest BCUT2D eigenvalue weighted by Crippen LogP contribution is -2.08. The van der Waals surface area contributed by atoms with Crippen LogP contribution in [0.3, 0.4) is 0 Å². The predicted molar refractivity (Wildman–Crippen MR) is 84.1 cm³/mol. The average molecular weight is 336 g/mol. The normalized spacial score (nSPS) is 16.0. The molecule has 7 heteroatoms. The summed E-state index contributed by atoms with van der Waals surface area (Å²) in [6.45, 7) is 1.10. The Morgan fingerprint density at radius 2 is 2.00 bits per heavy atom. The van der Waals surface area contributed by atoms with Gasteiger partial charge in [0.1, 0.15) is 19.3 Å². The Kier molecular flexibility index (Phi) is 4.64. The van der Waals surface area contributed by atoms with Gasteiger partial charge in [-0.15, -0.1) is 0 Å². The Hall–Kier alpha value is -2.31. The third-order valence-corrected chi connectivity index (χ3v) is 3.47. The first-order valence-corrected chi connectivity index (χ1v) is 7.40. The molecule has 3 rings (SSSR count). The quantitative estimate of drug-likeness (QED) is 0.439. The maximum Gasteiger partial charge on any atom is 0.316 e. The second-order valence-electron chi connectivity index (χ2n) is 5.05. The van der Waals surface area contributed by atoms with Gasteiger partial charge < -0.3 is 14.2 Å². The van der Waals surface area contributed by atoms with Crippen molar-refractivity contribution in [3.63, 3.8) is 0 Å². The monoisotopic (exact) mass is 335 g/mol. The van der Waals surface area contributed by atoms with Gasteiger partial charge in [-0.25, -0.2) is 0 Å². The Balaban J connectivity index is 1.84. The number of benzene rings is 2. The van der Waals surface area contributed by atoms with E-state index < -0.39 is 4.92 Å². The molecule has 1 aliphatic rings. The molecule has 1 heterocycles. The van der Waals surface area contributed by atoms with Gasteiger partial charge in [0.15, 0.2) is 5.75 Å². The largest absolute Gasteiger partial charge is 0.485 e. The minimum absolute atomic E-state index is 0.0211. The number of epoxide rings is 1. The van der Waals surface area contributed by atoms with Gasteiger partial charge in [-0.05, 0) is 5.56 Å². The first kappa shape index (κ1) is 15.6. The lowest BCUT2D eigenvalue weighted by atomic mass is 10.2. The van der Waals surface area contributed by atoms with Crippen molar-refractivity contribution in [1.82, 2.24) is 0 Å². The number of nitro benzene ring substituents is 1. The van der Waals surface area contributed by atoms with E-state index in [1.807, 2.05) is 30.3 Å². The van der Waals surface area contributed by atoms with Crippen molar-refractivity contribution in [2.75, 3.05) is 13.2 Å². The van der Waals surface area contributed by atoms with Crippen LogP contribution >= 0.6 is 11.6 Å². The molecule has 0 spiro atoms. The summed E-state index contributed by atoms with van der Waals surface area (Å²) in [6, 6.07) is 12.2. The van der Waals surface area contributed by atoms with Crippen molar-refractivity contribution in [3.05, 3.63) is 63.2 Å². The predicted octanol–water partition coefficient (Wildman–Crippen LogP) is 3.60. The smallest absolute Gasteiger partial charge is 0.316 e. The van der Waals surface area contributed by atoms with E-state index in [0.29, 0.717) is 6.61 Å². The van der Waals surface area contributed by atoms with Crippen LogP contribution in [0.2, 0.25) is 5.02 Å². The second kappa shape index (κ2) is 6.85. The first-order chi connectivity index (χ1) is 11.1. The molecule has 1 aliphatic heterocycles. The summed E-state index contributed by atoms with van der Waals surface area (Å²) in [5.74, 6) is 0.319. The molecule has 6 nitrogen and oxygen atoms in total. The molecule has 1 saturated heterocycles. The van der Waals surface area contributed by atoms with Crippen molar-refractivity contribution in [2.24, 2.45) is 0 Å². The zero-order valence-electron chi connectivity index (χ0n) is 12.1. The van der Waals surface area contributed by atoms with Crippen LogP contribution in [0, 0.1) is 10.1 Å². The van der Waals surface area contributed by atoms with Crippen LogP contribution < -0.4 is 9.47 Å². The third kappa shape index (κ3) is 4.12. The Labute approximate surface area is 137 Å². The number of hydrogen-bond donors (Lipinski definition) is 0. The maximum atomic E-state index is 11.2. The van der Waals surface area contributed by atoms with E-state index in [1.165, 1.54) is 12.1 Å². The zero-order valence-corrected chi connectivity index (χ0v) is 12.9. The van der Waals surface area contributed by atoms with Crippen molar-refractivity contribution in [1.29, 1.82) is 0 Å². The SMILES string of the molecule is O=[N+]([O-])c1cc(Cl)cc(OCc2ccccc2)c1OC[C@@H]1CO1. The summed E-state index contributed by atoms with van der Waals surface area (Å²) in [4.78, 5) is 10.7. The van der Waals surface area contributed by atoms with Crippen LogP contribution in [0.4, 0.5) is 5.69 Å². The van der Waals surface area contributed by atoms with Gasteiger partial charge in [0, 0.05) is 12.1 Å². The van der Waals surface area contributed by atoms with Gasteiger partial charge in [0.05, 0.1) is 16.6 Å². The second-order valence-corrected chi connectivity index (χ2v) is 5.49. The summed E-state index contributed by atoms with van der Waals surface area (Å²) < 4.78 is 16.3. The van der Waals surface area contributed by atoms with Gasteiger partial charge in [0.2, 0.25) is 5.75 Å². The van der Waals surface area contributed by atoms with Crippen LogP contribution in [-0.2, 0) is 11.3 Å². The van der Waals surface area contributed by atoms with Gasteiger partial charge in [0.25, 0.3) is 0 Å². The molecule has 1 atom stereocenters. The highest BCUT2D eigenvalue weighted by Gasteiger charge is 2.28. The molecule has 0 amide bonds. The van der Waals surface area contributed by atoms with E-state index in [1.54, 1.807) is 0 Å². The molecular formula is C16H14ClNO5. The molecule has 0 aliphatic carbocycles. The number of hydrogen-bond acceptors (Lipinski definition) is 5. The van der Waals surface area contributed by atoms with Crippen LogP contribution in [0.15, 0.2) is 42.5 Å². The number of ether oxygens (including phenoxy) is 3. The van der Waals surface area contributed by atoms with Crippen molar-refractivity contribution < 1.29 is 19.1 Å². The van der Waals surface area contributed by atoms with E-state index in [2.05, 4.69) is 0 Å². The highest BCUT2D eigenvalue weighted by molar-refractivity contribution is 6.31. The van der Waals surface area contributed by atoms with E-state index in [0.717, 1.165) is 5.56 Å². The van der Waals surface area contributed by atoms with Crippen LogP contribution in [-0.4, -0.2) is 24.2 Å². The van der Waals surface area contributed by atoms with E-state index >= 15 is 0 Å². The topological polar surface area (TPSA) is 74.1 Å². The number of nitro groups is 1. The standard InChI is InChI=1S/C16H14ClNO5/c17-12-6-14(18(19)20)16(23-10-13-9-21-13)15(7-12)22-8-11-4-2-1-3-5-11/h1-7,13H,8-10H2/t13-/m0/s1. The summed E-state index contributed by atoms with van der Waals surface area (Å²) >= 11 is 5.96. The molecule has 1 fully saturated rings. The van der Waals surface area contributed by atoms with Crippen LogP contribution in [0.5, 0.6) is 11.5 Å². The summed E-state index contributed by atoms with van der Waals surface area (Å²) in [6.07, 6.45) is -0.0211. The minimum atomic E-state index is -0.537. The zero-order chi connectivity index (χ0) is 16.2. The highest BCUT2D eigenvalue weighted by Crippen LogP contribution is 2.40. The molecule has 0 N–H and O–H groups in total. The van der Waals surface area contributed by atoms with Crippen LogP contribution in [0.25, 0.3) is 0 Å². The van der Waals surface area contributed by atoms with Crippen LogP contribution in [0.1, 0.15) is 5.56 Å². The van der Waals surface area contributed by atoms with Gasteiger partial charge in [-0.1, -0.05) is 41.9 Å². The van der Waals surface area contributed by atoms with Gasteiger partial charge in [-0.3, -0.25) is 10.1 Å². The molecule has 0 aromatic heterocycles. The molecule has 2 aromatic carbocycles. The Bertz CT molecular complexity index is 703. The van der Waals surface area contributed by atoms with Gasteiger partial charge in [-0.2, -0.15) is 0 Å². The molecule has 0 radical (unpaired) electrons. The first-order valence-electron chi connectivity index (χ1n) is 7.02. The highest BCUT2D eigenvalue weighted by atomic mass is 35.5. The van der Waals surface area contributed by atoms with E-state index in [-0.39, 0.29) is 41.5 Å². The minimum Gasteiger partial charge on any atom is -0.485 e. The maximum absolute atomic E-state index is 11.2. The average Bonchev–Trinajstić information content (AvgIpc) is 3.36. The number of halogens is 1. The molecule has 0 bridgehead atoms. The molecular weight excluding hydrogens is 322 g/mol. The molecule has 0 unspecified atom stereocenters. The molecule has 0 saturated carbocycles. The fourth-order valence-corrected chi connectivity index (χ4v) is 2.22. The van der Waals surface area contributed by atoms with Gasteiger partial charge >= 0.3 is 5.69 Å². The third-order valence-electron chi connectivity index (χ3n) is 3.25. The van der Waals surface area contributed by atoms with Crippen molar-refractivity contribution in [3.8, 4) is 11.5 Å². The van der Waals surface area contributed by atoms with Crippen molar-refractivity contribution >= 4 is 17.3 Å². The Morgan fingerprint density at radius 1 is 1.26 bits per heavy atom. The lowest BCUT2D eigenvalue weighted by molar-refractivity contribution is -0.386. The van der Waals surface area contributed by atoms with E-state index in [4.69, 9.17) is 25.8 Å². The fraction of sp³-hybridized carbons (Fsp3) is 0.250. The number of rotatable bonds is 7. The molecule has 120 valence electrons. The summed E-state index contributed by atoms with van der Waals surface area (Å²) in [5, 5.41) is 11.5. The Morgan fingerprint density at radius 3 is 2.65 bits per heavy atom. The number of nitrogens with zero attached hydrogens (tertiary/aromatic N) is 1. The fourth-order valence-electron chi connectivity index (χ4n) is 2.02. The molecule has 23 heavy (non-hydrogen) atoms. The van der Waals surface area contributed by atoms with E-state index in [9.17, 15) is 10.1 Å². The summed E-state index contributed by atoms with van der Waals surface area (Å²) in [5.41, 5.74) is 0.716. The molecule has 2 aromatic rings.